The number of aromatic nitrogens is 4. The van der Waals surface area contributed by atoms with Gasteiger partial charge in [0.15, 0.2) is 23.8 Å². The Bertz CT molecular complexity index is 913. The third kappa shape index (κ3) is 3.28. The molecule has 0 fully saturated rings. The van der Waals surface area contributed by atoms with Crippen molar-refractivity contribution in [1.29, 1.82) is 0 Å². The molecule has 3 rings (SSSR count). The summed E-state index contributed by atoms with van der Waals surface area (Å²) in [6, 6.07) is 5.54. The van der Waals surface area contributed by atoms with Gasteiger partial charge in [-0.15, -0.1) is 0 Å². The minimum atomic E-state index is -0.293. The summed E-state index contributed by atoms with van der Waals surface area (Å²) in [5, 5.41) is 15.1. The SMILES string of the molecule is CCc1nn(C)c2n[nH]c(NC(=O)COc3ccc(C)cc3OC)c12. The number of anilines is 1. The van der Waals surface area contributed by atoms with Gasteiger partial charge in [0.25, 0.3) is 5.91 Å². The van der Waals surface area contributed by atoms with Crippen LogP contribution in [0.3, 0.4) is 0 Å². The van der Waals surface area contributed by atoms with Crippen LogP contribution in [0.15, 0.2) is 18.2 Å². The van der Waals surface area contributed by atoms with E-state index in [4.69, 9.17) is 9.47 Å². The van der Waals surface area contributed by atoms with Gasteiger partial charge < -0.3 is 14.8 Å². The average Bonchev–Trinajstić information content (AvgIpc) is 3.15. The third-order valence-corrected chi connectivity index (χ3v) is 3.89. The second kappa shape index (κ2) is 6.84. The van der Waals surface area contributed by atoms with E-state index in [0.29, 0.717) is 23.0 Å². The van der Waals surface area contributed by atoms with E-state index in [0.717, 1.165) is 23.1 Å². The normalized spacial score (nSPS) is 10.9. The zero-order valence-corrected chi connectivity index (χ0v) is 14.7. The van der Waals surface area contributed by atoms with Crippen LogP contribution in [0.4, 0.5) is 5.82 Å². The highest BCUT2D eigenvalue weighted by Gasteiger charge is 2.17. The van der Waals surface area contributed by atoms with Crippen LogP contribution >= 0.6 is 0 Å². The van der Waals surface area contributed by atoms with E-state index in [1.54, 1.807) is 17.9 Å². The van der Waals surface area contributed by atoms with Crippen LogP contribution in [0.5, 0.6) is 11.5 Å². The highest BCUT2D eigenvalue weighted by Crippen LogP contribution is 2.28. The topological polar surface area (TPSA) is 94.1 Å². The number of nitrogens with one attached hydrogen (secondary N) is 2. The van der Waals surface area contributed by atoms with Crippen LogP contribution < -0.4 is 14.8 Å². The maximum Gasteiger partial charge on any atom is 0.263 e. The number of amides is 1. The first-order valence-corrected chi connectivity index (χ1v) is 8.00. The van der Waals surface area contributed by atoms with Crippen molar-refractivity contribution in [2.24, 2.45) is 7.05 Å². The summed E-state index contributed by atoms with van der Waals surface area (Å²) in [7, 11) is 3.39. The Balaban J connectivity index is 1.71. The summed E-state index contributed by atoms with van der Waals surface area (Å²) in [6.45, 7) is 3.83. The van der Waals surface area contributed by atoms with Gasteiger partial charge in [0.05, 0.1) is 18.2 Å². The maximum atomic E-state index is 12.2. The fraction of sp³-hybridized carbons (Fsp3) is 0.353. The molecule has 8 heteroatoms. The van der Waals surface area contributed by atoms with E-state index in [2.05, 4.69) is 20.6 Å². The molecule has 1 amide bonds. The summed E-state index contributed by atoms with van der Waals surface area (Å²) >= 11 is 0. The molecule has 0 aliphatic heterocycles. The lowest BCUT2D eigenvalue weighted by molar-refractivity contribution is -0.118. The van der Waals surface area contributed by atoms with Gasteiger partial charge in [-0.1, -0.05) is 13.0 Å². The lowest BCUT2D eigenvalue weighted by atomic mass is 10.2. The molecule has 3 aromatic rings. The van der Waals surface area contributed by atoms with Crippen LogP contribution in [-0.2, 0) is 18.3 Å². The zero-order valence-electron chi connectivity index (χ0n) is 14.7. The van der Waals surface area contributed by atoms with Crippen LogP contribution in [0.25, 0.3) is 11.0 Å². The number of ether oxygens (including phenoxy) is 2. The van der Waals surface area contributed by atoms with E-state index in [9.17, 15) is 4.79 Å². The van der Waals surface area contributed by atoms with Crippen molar-refractivity contribution in [3.8, 4) is 11.5 Å². The third-order valence-electron chi connectivity index (χ3n) is 3.89. The van der Waals surface area contributed by atoms with Gasteiger partial charge in [-0.25, -0.2) is 4.68 Å². The first-order valence-electron chi connectivity index (χ1n) is 8.00. The second-order valence-electron chi connectivity index (χ2n) is 5.71. The van der Waals surface area contributed by atoms with Gasteiger partial charge in [0.1, 0.15) is 5.82 Å². The number of nitrogens with zero attached hydrogens (tertiary/aromatic N) is 3. The predicted octanol–water partition coefficient (Wildman–Crippen LogP) is 2.19. The van der Waals surface area contributed by atoms with Gasteiger partial charge in [-0.05, 0) is 31.0 Å². The van der Waals surface area contributed by atoms with Gasteiger partial charge >= 0.3 is 0 Å². The van der Waals surface area contributed by atoms with Crippen molar-refractivity contribution in [2.75, 3.05) is 19.0 Å². The summed E-state index contributed by atoms with van der Waals surface area (Å²) in [5.74, 6) is 1.36. The number of fused-ring (bicyclic) bond motifs is 1. The smallest absolute Gasteiger partial charge is 0.263 e. The number of H-pyrrole nitrogens is 1. The number of hydrogen-bond donors (Lipinski definition) is 2. The minimum absolute atomic E-state index is 0.137. The molecule has 2 N–H and O–H groups in total. The van der Waals surface area contributed by atoms with Crippen molar-refractivity contribution >= 4 is 22.8 Å². The Morgan fingerprint density at radius 3 is 2.88 bits per heavy atom. The molecule has 0 radical (unpaired) electrons. The molecule has 2 heterocycles. The summed E-state index contributed by atoms with van der Waals surface area (Å²) in [4.78, 5) is 12.2. The number of aromatic amines is 1. The standard InChI is InChI=1S/C17H21N5O3/c1-5-11-15-16(19-20-17(15)22(3)21-11)18-14(23)9-25-12-7-6-10(2)8-13(12)24-4/h6-8H,5,9H2,1-4H3,(H2,18,19,20,23). The lowest BCUT2D eigenvalue weighted by Crippen LogP contribution is -2.20. The summed E-state index contributed by atoms with van der Waals surface area (Å²) < 4.78 is 12.5. The van der Waals surface area contributed by atoms with Gasteiger partial charge in [-0.3, -0.25) is 9.89 Å². The Labute approximate surface area is 145 Å². The Morgan fingerprint density at radius 2 is 2.16 bits per heavy atom. The molecule has 0 aliphatic rings. The molecule has 0 aliphatic carbocycles. The van der Waals surface area contributed by atoms with Crippen molar-refractivity contribution in [3.63, 3.8) is 0 Å². The van der Waals surface area contributed by atoms with Gasteiger partial charge in [0, 0.05) is 7.05 Å². The van der Waals surface area contributed by atoms with E-state index in [1.165, 1.54) is 0 Å². The number of rotatable bonds is 6. The molecule has 8 nitrogen and oxygen atoms in total. The van der Waals surface area contributed by atoms with Crippen LogP contribution in [-0.4, -0.2) is 39.6 Å². The lowest BCUT2D eigenvalue weighted by Gasteiger charge is -2.11. The molecule has 1 aromatic carbocycles. The van der Waals surface area contributed by atoms with E-state index < -0.39 is 0 Å². The number of methoxy groups -OCH3 is 1. The second-order valence-corrected chi connectivity index (χ2v) is 5.71. The molecular formula is C17H21N5O3. The highest BCUT2D eigenvalue weighted by atomic mass is 16.5. The zero-order chi connectivity index (χ0) is 18.0. The first-order chi connectivity index (χ1) is 12.0. The summed E-state index contributed by atoms with van der Waals surface area (Å²) in [5.41, 5.74) is 2.63. The van der Waals surface area contributed by atoms with Crippen LogP contribution in [0.1, 0.15) is 18.2 Å². The molecule has 0 spiro atoms. The summed E-state index contributed by atoms with van der Waals surface area (Å²) in [6.07, 6.45) is 0.747. The molecule has 132 valence electrons. The first kappa shape index (κ1) is 16.8. The minimum Gasteiger partial charge on any atom is -0.493 e. The number of carbonyl (C=O) groups excluding carboxylic acids is 1. The van der Waals surface area contributed by atoms with Crippen molar-refractivity contribution in [3.05, 3.63) is 29.5 Å². The van der Waals surface area contributed by atoms with E-state index in [1.807, 2.05) is 33.0 Å². The van der Waals surface area contributed by atoms with Crippen LogP contribution in [0.2, 0.25) is 0 Å². The number of carbonyl (C=O) groups is 1. The Morgan fingerprint density at radius 1 is 1.36 bits per heavy atom. The van der Waals surface area contributed by atoms with Gasteiger partial charge in [0.2, 0.25) is 0 Å². The molecule has 0 atom stereocenters. The highest BCUT2D eigenvalue weighted by molar-refractivity contribution is 6.00. The van der Waals surface area contributed by atoms with Gasteiger partial charge in [-0.2, -0.15) is 10.2 Å². The molecular weight excluding hydrogens is 322 g/mol. The molecule has 0 saturated heterocycles. The molecule has 0 bridgehead atoms. The molecule has 0 saturated carbocycles. The average molecular weight is 343 g/mol. The number of hydrogen-bond acceptors (Lipinski definition) is 5. The van der Waals surface area contributed by atoms with Crippen LogP contribution in [0, 0.1) is 6.92 Å². The Hall–Kier alpha value is -3.03. The maximum absolute atomic E-state index is 12.2. The van der Waals surface area contributed by atoms with E-state index in [-0.39, 0.29) is 12.5 Å². The molecule has 0 unspecified atom stereocenters. The van der Waals surface area contributed by atoms with Crippen molar-refractivity contribution in [1.82, 2.24) is 20.0 Å². The quantitative estimate of drug-likeness (QED) is 0.715. The number of benzene rings is 1. The molecule has 2 aromatic heterocycles. The fourth-order valence-electron chi connectivity index (χ4n) is 2.67. The fourth-order valence-corrected chi connectivity index (χ4v) is 2.67. The monoisotopic (exact) mass is 343 g/mol. The van der Waals surface area contributed by atoms with Crippen molar-refractivity contribution < 1.29 is 14.3 Å². The number of aryl methyl sites for hydroxylation is 3. The Kier molecular flexibility index (Phi) is 4.60. The van der Waals surface area contributed by atoms with E-state index >= 15 is 0 Å². The molecule has 25 heavy (non-hydrogen) atoms. The largest absolute Gasteiger partial charge is 0.493 e. The van der Waals surface area contributed by atoms with Crippen molar-refractivity contribution in [2.45, 2.75) is 20.3 Å². The predicted molar refractivity (Wildman–Crippen MR) is 94.1 cm³/mol.